The van der Waals surface area contributed by atoms with Crippen LogP contribution in [0.5, 0.6) is 5.75 Å². The number of primary amides is 1. The maximum atomic E-state index is 15.2. The van der Waals surface area contributed by atoms with Crippen molar-refractivity contribution in [2.75, 3.05) is 26.2 Å². The number of carbonyl (C=O) groups is 11. The van der Waals surface area contributed by atoms with Gasteiger partial charge in [-0.25, -0.2) is 0 Å². The summed E-state index contributed by atoms with van der Waals surface area (Å²) in [7, 11) is 0. The zero-order valence-electron chi connectivity index (χ0n) is 61.3. The molecule has 0 saturated carbocycles. The summed E-state index contributed by atoms with van der Waals surface area (Å²) in [6, 6.07) is 25.3. The van der Waals surface area contributed by atoms with Gasteiger partial charge in [0.2, 0.25) is 65.0 Å². The summed E-state index contributed by atoms with van der Waals surface area (Å²) in [5, 5.41) is 49.4. The van der Waals surface area contributed by atoms with Gasteiger partial charge in [0.15, 0.2) is 11.9 Å². The van der Waals surface area contributed by atoms with E-state index in [1.54, 1.807) is 85.2 Å². The first-order chi connectivity index (χ1) is 53.2. The molecule has 1 aliphatic rings. The van der Waals surface area contributed by atoms with Crippen LogP contribution in [0.2, 0.25) is 5.02 Å². The van der Waals surface area contributed by atoms with Crippen molar-refractivity contribution in [3.63, 3.8) is 0 Å². The molecule has 0 aliphatic carbocycles. The molecule has 23 N–H and O–H groups in total. The zero-order valence-corrected chi connectivity index (χ0v) is 62.1. The second kappa shape index (κ2) is 39.5. The summed E-state index contributed by atoms with van der Waals surface area (Å²) >= 11 is 6.28. The number of halogens is 1. The van der Waals surface area contributed by atoms with Crippen LogP contribution in [0.3, 0.4) is 0 Å². The molecule has 10 atom stereocenters. The van der Waals surface area contributed by atoms with E-state index >= 15 is 24.0 Å². The van der Waals surface area contributed by atoms with E-state index in [9.17, 15) is 39.0 Å². The van der Waals surface area contributed by atoms with Crippen LogP contribution < -0.4 is 76.5 Å². The lowest BCUT2D eigenvalue weighted by Crippen LogP contribution is -2.61. The Morgan fingerprint density at radius 2 is 0.910 bits per heavy atom. The van der Waals surface area contributed by atoms with Crippen molar-refractivity contribution in [1.82, 2.24) is 62.7 Å². The lowest BCUT2D eigenvalue weighted by Gasteiger charge is -2.30. The average Bonchev–Trinajstić information content (AvgIpc) is 1.29. The Morgan fingerprint density at radius 3 is 1.41 bits per heavy atom. The highest BCUT2D eigenvalue weighted by Gasteiger charge is 2.41. The molecule has 11 amide bonds. The number of guanidine groups is 2. The topological polar surface area (TPSA) is 526 Å². The van der Waals surface area contributed by atoms with E-state index in [-0.39, 0.29) is 102 Å². The lowest BCUT2D eigenvalue weighted by molar-refractivity contribution is -0.142. The molecule has 6 aromatic carbocycles. The zero-order chi connectivity index (χ0) is 79.8. The quantitative estimate of drug-likeness (QED) is 0.0144. The van der Waals surface area contributed by atoms with Crippen LogP contribution in [0.4, 0.5) is 0 Å². The number of aliphatic imine (C=N–C) groups is 2. The van der Waals surface area contributed by atoms with E-state index in [0.717, 1.165) is 10.8 Å². The number of benzene rings is 6. The smallest absolute Gasteiger partial charge is 0.245 e. The van der Waals surface area contributed by atoms with Gasteiger partial charge in [-0.3, -0.25) is 62.7 Å². The number of aromatic amines is 2. The number of aromatic hydroxyl groups is 1. The van der Waals surface area contributed by atoms with E-state index in [1.165, 1.54) is 43.0 Å². The number of H-pyrrole nitrogens is 2. The standard InChI is InChI=1S/C78H94ClN19O13/c1-43(67(80)102)89-75(110)66-20-11-33-98(66)76(111)59(19-10-32-86-78(83)84)92-72(107)63(38-50-40-87-56-16-7-5-14-54(50)56)95-68(103)58(18-9-31-85-77(81)82)91-70(105)61(36-46-24-29-53(101)30-25-46)94-74(109)65(42-99)97-73(108)64(39-51-41-88-57-17-8-6-15-55(51)57)96-71(106)62(35-45-22-27-52(79)28-23-45)93-69(104)60(90-44(2)100)37-47-21-26-48-12-3-4-13-49(48)34-47/h3-8,12-17,21-30,34,40-41,43,58-66,87-88,99,101H,9-11,18-20,31-33,35-39,42H2,1-2H3,(H2,80,102)(H,89,110)(H,90,100)(H,91,105)(H,92,107)(H,93,104)(H,94,109)(H,95,103)(H,96,106)(H,97,108)(H4,81,82,85)(H4,83,84,86)/t43-,58-,59-,60-,61-,62-,63-,64+,65-,66-/m0/s1. The summed E-state index contributed by atoms with van der Waals surface area (Å²) in [6.07, 6.45) is 2.89. The van der Waals surface area contributed by atoms with Gasteiger partial charge in [-0.1, -0.05) is 115 Å². The number of aliphatic hydroxyl groups excluding tert-OH is 1. The summed E-state index contributed by atoms with van der Waals surface area (Å²) < 4.78 is 0. The predicted molar refractivity (Wildman–Crippen MR) is 418 cm³/mol. The van der Waals surface area contributed by atoms with Crippen LogP contribution in [0.25, 0.3) is 32.6 Å². The molecule has 111 heavy (non-hydrogen) atoms. The fourth-order valence-electron chi connectivity index (χ4n) is 13.2. The van der Waals surface area contributed by atoms with Crippen LogP contribution in [-0.2, 0) is 84.8 Å². The molecule has 0 unspecified atom stereocenters. The molecule has 3 heterocycles. The SMILES string of the molecule is CC(=O)N[C@@H](Cc1ccc2ccccc2c1)C(=O)N[C@@H](Cc1ccc(Cl)cc1)C(=O)N[C@H](Cc1c[nH]c2ccccc12)C(=O)N[C@@H](CO)C(=O)N[C@@H](Cc1ccc(O)cc1)C(=O)N[C@@H](CCCN=C(N)N)C(=O)N[C@@H](Cc1c[nH]c2ccccc12)C(=O)N[C@@H](CCCN=C(N)N)C(=O)N1CCC[C@H]1C(=O)N[C@@H](C)C(N)=O. The molecule has 8 aromatic rings. The number of amides is 11. The number of carbonyl (C=O) groups excluding carboxylic acids is 11. The number of phenolic OH excluding ortho intramolecular Hbond substituents is 1. The van der Waals surface area contributed by atoms with Crippen molar-refractivity contribution in [2.45, 2.75) is 145 Å². The number of para-hydroxylation sites is 2. The van der Waals surface area contributed by atoms with E-state index < -0.39 is 132 Å². The monoisotopic (exact) mass is 1540 g/mol. The van der Waals surface area contributed by atoms with Crippen molar-refractivity contribution >= 4 is 121 Å². The second-order valence-corrected chi connectivity index (χ2v) is 27.7. The number of likely N-dealkylation sites (tertiary alicyclic amines) is 1. The molecule has 586 valence electrons. The third-order valence-corrected chi connectivity index (χ3v) is 19.2. The molecule has 1 saturated heterocycles. The number of nitrogens with one attached hydrogen (secondary N) is 11. The van der Waals surface area contributed by atoms with Gasteiger partial charge < -0.3 is 102 Å². The average molecular weight is 1540 g/mol. The summed E-state index contributed by atoms with van der Waals surface area (Å²) in [4.78, 5) is 174. The number of phenols is 1. The van der Waals surface area contributed by atoms with Crippen LogP contribution in [0.15, 0.2) is 162 Å². The second-order valence-electron chi connectivity index (χ2n) is 27.3. The third-order valence-electron chi connectivity index (χ3n) is 19.0. The molecular weight excluding hydrogens is 1450 g/mol. The highest BCUT2D eigenvalue weighted by Crippen LogP contribution is 2.25. The Bertz CT molecular complexity index is 4710. The van der Waals surface area contributed by atoms with Gasteiger partial charge in [0.25, 0.3) is 0 Å². The van der Waals surface area contributed by atoms with Crippen molar-refractivity contribution in [3.05, 3.63) is 185 Å². The molecule has 32 nitrogen and oxygen atoms in total. The minimum Gasteiger partial charge on any atom is -0.508 e. The summed E-state index contributed by atoms with van der Waals surface area (Å²) in [6.45, 7) is 1.65. The normalized spacial score (nSPS) is 15.0. The molecule has 2 aromatic heterocycles. The molecular formula is C78H94ClN19O13. The Morgan fingerprint density at radius 1 is 0.495 bits per heavy atom. The van der Waals surface area contributed by atoms with Gasteiger partial charge in [0.05, 0.1) is 6.61 Å². The number of nitrogens with two attached hydrogens (primary N) is 5. The highest BCUT2D eigenvalue weighted by atomic mass is 35.5. The Hall–Kier alpha value is -12.6. The molecule has 0 spiro atoms. The summed E-state index contributed by atoms with van der Waals surface area (Å²) in [5.74, 6) is -9.83. The predicted octanol–water partition coefficient (Wildman–Crippen LogP) is 0.653. The van der Waals surface area contributed by atoms with Crippen LogP contribution >= 0.6 is 11.6 Å². The molecule has 0 bridgehead atoms. The number of hydrogen-bond donors (Lipinski definition) is 18. The van der Waals surface area contributed by atoms with E-state index in [1.807, 2.05) is 42.5 Å². The largest absolute Gasteiger partial charge is 0.508 e. The number of rotatable bonds is 38. The fourth-order valence-corrected chi connectivity index (χ4v) is 13.3. The number of fused-ring (bicyclic) bond motifs is 3. The van der Waals surface area contributed by atoms with Crippen molar-refractivity contribution in [2.24, 2.45) is 38.7 Å². The molecule has 0 radical (unpaired) electrons. The number of hydrogen-bond acceptors (Lipinski definition) is 15. The van der Waals surface area contributed by atoms with Crippen molar-refractivity contribution < 1.29 is 63.0 Å². The molecule has 1 fully saturated rings. The number of aromatic nitrogens is 2. The van der Waals surface area contributed by atoms with Gasteiger partial charge in [0.1, 0.15) is 66.2 Å². The van der Waals surface area contributed by atoms with Gasteiger partial charge in [-0.15, -0.1) is 0 Å². The lowest BCUT2D eigenvalue weighted by atomic mass is 9.99. The summed E-state index contributed by atoms with van der Waals surface area (Å²) in [5.41, 5.74) is 32.1. The van der Waals surface area contributed by atoms with Crippen molar-refractivity contribution in [3.8, 4) is 5.75 Å². The van der Waals surface area contributed by atoms with Gasteiger partial charge >= 0.3 is 0 Å². The highest BCUT2D eigenvalue weighted by molar-refractivity contribution is 6.30. The maximum absolute atomic E-state index is 15.2. The number of aliphatic hydroxyl groups is 1. The number of nitrogens with zero attached hydrogens (tertiary/aromatic N) is 3. The van der Waals surface area contributed by atoms with Gasteiger partial charge in [-0.05, 0) is 120 Å². The Balaban J connectivity index is 0.990. The first-order valence-corrected chi connectivity index (χ1v) is 36.7. The molecule has 1 aliphatic heterocycles. The first-order valence-electron chi connectivity index (χ1n) is 36.3. The van der Waals surface area contributed by atoms with E-state index in [0.29, 0.717) is 61.1 Å². The fraction of sp³-hybridized carbons (Fsp3) is 0.346. The minimum atomic E-state index is -1.86. The van der Waals surface area contributed by atoms with Crippen LogP contribution in [-0.4, -0.2) is 189 Å². The Kier molecular flexibility index (Phi) is 29.4. The maximum Gasteiger partial charge on any atom is 0.245 e. The van der Waals surface area contributed by atoms with Gasteiger partial charge in [0, 0.05) is 97.9 Å². The van der Waals surface area contributed by atoms with Gasteiger partial charge in [-0.2, -0.15) is 0 Å². The first kappa shape index (κ1) is 82.5. The van der Waals surface area contributed by atoms with Crippen LogP contribution in [0, 0.1) is 0 Å². The third kappa shape index (κ3) is 23.7. The van der Waals surface area contributed by atoms with E-state index in [2.05, 4.69) is 67.8 Å². The van der Waals surface area contributed by atoms with Crippen LogP contribution in [0.1, 0.15) is 80.2 Å². The minimum absolute atomic E-state index is 0.0240. The van der Waals surface area contributed by atoms with E-state index in [4.69, 9.17) is 40.3 Å². The van der Waals surface area contributed by atoms with Crippen molar-refractivity contribution in [1.29, 1.82) is 0 Å². The molecule has 33 heteroatoms. The molecule has 9 rings (SSSR count). The Labute approximate surface area is 644 Å².